The van der Waals surface area contributed by atoms with E-state index < -0.39 is 10.0 Å². The second-order valence-corrected chi connectivity index (χ2v) is 7.97. The van der Waals surface area contributed by atoms with Gasteiger partial charge in [-0.05, 0) is 19.3 Å². The molecule has 3 aliphatic rings. The largest absolute Gasteiger partial charge is 0.318 e. The quantitative estimate of drug-likeness (QED) is 0.855. The second-order valence-electron chi connectivity index (χ2n) is 6.08. The van der Waals surface area contributed by atoms with Crippen molar-refractivity contribution in [1.29, 1.82) is 0 Å². The third-order valence-corrected chi connectivity index (χ3v) is 6.54. The van der Waals surface area contributed by atoms with Gasteiger partial charge in [0.15, 0.2) is 5.03 Å². The Morgan fingerprint density at radius 3 is 2.70 bits per heavy atom. The standard InChI is InChI=1S/C13H20N4O2S/c18-20(19,13-7-14-12-5-2-6-17(12)13)16-8-10-3-1-4-11(9-16)15-10/h7,10-11,15H,1-6,8-9H2. The normalized spacial score (nSPS) is 30.4. The zero-order valence-electron chi connectivity index (χ0n) is 11.5. The first-order chi connectivity index (χ1) is 9.64. The van der Waals surface area contributed by atoms with Crippen LogP contribution >= 0.6 is 0 Å². The van der Waals surface area contributed by atoms with E-state index in [1.165, 1.54) is 6.42 Å². The second kappa shape index (κ2) is 4.54. The fourth-order valence-electron chi connectivity index (χ4n) is 3.73. The van der Waals surface area contributed by atoms with Gasteiger partial charge in [-0.15, -0.1) is 0 Å². The van der Waals surface area contributed by atoms with Gasteiger partial charge in [0, 0.05) is 38.1 Å². The molecule has 3 aliphatic heterocycles. The summed E-state index contributed by atoms with van der Waals surface area (Å²) < 4.78 is 29.3. The lowest BCUT2D eigenvalue weighted by Gasteiger charge is -2.41. The minimum atomic E-state index is -3.39. The van der Waals surface area contributed by atoms with Crippen LogP contribution in [-0.4, -0.2) is 47.4 Å². The van der Waals surface area contributed by atoms with Gasteiger partial charge < -0.3 is 9.88 Å². The molecule has 20 heavy (non-hydrogen) atoms. The van der Waals surface area contributed by atoms with Crippen LogP contribution in [0.1, 0.15) is 31.5 Å². The Morgan fingerprint density at radius 2 is 1.95 bits per heavy atom. The maximum atomic E-state index is 12.9. The molecule has 0 saturated carbocycles. The summed E-state index contributed by atoms with van der Waals surface area (Å²) in [4.78, 5) is 4.27. The highest BCUT2D eigenvalue weighted by Crippen LogP contribution is 2.27. The molecule has 7 heteroatoms. The molecule has 6 nitrogen and oxygen atoms in total. The number of aryl methyl sites for hydroxylation is 1. The van der Waals surface area contributed by atoms with E-state index in [1.807, 2.05) is 4.57 Å². The molecule has 1 N–H and O–H groups in total. The van der Waals surface area contributed by atoms with Crippen LogP contribution in [0.3, 0.4) is 0 Å². The fourth-order valence-corrected chi connectivity index (χ4v) is 5.41. The van der Waals surface area contributed by atoms with Crippen LogP contribution in [-0.2, 0) is 23.0 Å². The van der Waals surface area contributed by atoms with Crippen LogP contribution < -0.4 is 5.32 Å². The lowest BCUT2D eigenvalue weighted by Crippen LogP contribution is -2.59. The summed E-state index contributed by atoms with van der Waals surface area (Å²) in [5, 5.41) is 3.92. The molecule has 2 bridgehead atoms. The highest BCUT2D eigenvalue weighted by Gasteiger charge is 2.38. The SMILES string of the molecule is O=S(=O)(c1cnc2n1CCC2)N1CC2CCCC(C1)N2. The van der Waals surface area contributed by atoms with Crippen LogP contribution in [0.4, 0.5) is 0 Å². The number of piperazine rings is 1. The summed E-state index contributed by atoms with van der Waals surface area (Å²) in [5.41, 5.74) is 0. The zero-order valence-corrected chi connectivity index (χ0v) is 12.3. The topological polar surface area (TPSA) is 67.2 Å². The van der Waals surface area contributed by atoms with Gasteiger partial charge in [0.1, 0.15) is 5.82 Å². The molecule has 0 spiro atoms. The zero-order chi connectivity index (χ0) is 13.7. The predicted molar refractivity (Wildman–Crippen MR) is 73.9 cm³/mol. The van der Waals surface area contributed by atoms with Gasteiger partial charge in [-0.1, -0.05) is 6.42 Å². The number of fused-ring (bicyclic) bond motifs is 3. The number of aromatic nitrogens is 2. The van der Waals surface area contributed by atoms with Crippen molar-refractivity contribution in [3.63, 3.8) is 0 Å². The van der Waals surface area contributed by atoms with Crippen LogP contribution in [0.2, 0.25) is 0 Å². The molecule has 2 saturated heterocycles. The Bertz CT molecular complexity index is 612. The monoisotopic (exact) mass is 296 g/mol. The number of sulfonamides is 1. The Hall–Kier alpha value is -0.920. The highest BCUT2D eigenvalue weighted by molar-refractivity contribution is 7.89. The van der Waals surface area contributed by atoms with Crippen LogP contribution in [0, 0.1) is 0 Å². The maximum Gasteiger partial charge on any atom is 0.260 e. The summed E-state index contributed by atoms with van der Waals surface area (Å²) in [7, 11) is -3.39. The molecule has 4 heterocycles. The maximum absolute atomic E-state index is 12.9. The number of rotatable bonds is 2. The summed E-state index contributed by atoms with van der Waals surface area (Å²) in [6, 6.07) is 0.636. The van der Waals surface area contributed by atoms with E-state index >= 15 is 0 Å². The summed E-state index contributed by atoms with van der Waals surface area (Å²) >= 11 is 0. The number of piperidine rings is 1. The number of nitrogens with zero attached hydrogens (tertiary/aromatic N) is 3. The molecular weight excluding hydrogens is 276 g/mol. The van der Waals surface area contributed by atoms with Crippen LogP contribution in [0.15, 0.2) is 11.2 Å². The van der Waals surface area contributed by atoms with Gasteiger partial charge in [0.05, 0.1) is 6.20 Å². The third-order valence-electron chi connectivity index (χ3n) is 4.71. The molecule has 0 radical (unpaired) electrons. The Kier molecular flexibility index (Phi) is 2.90. The van der Waals surface area contributed by atoms with E-state index in [9.17, 15) is 8.42 Å². The van der Waals surface area contributed by atoms with Gasteiger partial charge in [-0.25, -0.2) is 13.4 Å². The first-order valence-corrected chi connectivity index (χ1v) is 8.89. The average molecular weight is 296 g/mol. The summed E-state index contributed by atoms with van der Waals surface area (Å²) in [5.74, 6) is 0.916. The molecule has 0 aromatic carbocycles. The first kappa shape index (κ1) is 12.8. The molecule has 110 valence electrons. The Balaban J connectivity index is 1.66. The Morgan fingerprint density at radius 1 is 1.20 bits per heavy atom. The van der Waals surface area contributed by atoms with Crippen molar-refractivity contribution in [3.8, 4) is 0 Å². The Labute approximate surface area is 119 Å². The molecule has 4 rings (SSSR count). The van der Waals surface area contributed by atoms with Gasteiger partial charge in [-0.3, -0.25) is 0 Å². The van der Waals surface area contributed by atoms with E-state index in [4.69, 9.17) is 0 Å². The number of hydrogen-bond donors (Lipinski definition) is 1. The van der Waals surface area contributed by atoms with Crippen molar-refractivity contribution < 1.29 is 8.42 Å². The molecular formula is C13H20N4O2S. The average Bonchev–Trinajstić information content (AvgIpc) is 3.00. The molecule has 1 aromatic rings. The van der Waals surface area contributed by atoms with Gasteiger partial charge >= 0.3 is 0 Å². The van der Waals surface area contributed by atoms with Gasteiger partial charge in [0.25, 0.3) is 10.0 Å². The van der Waals surface area contributed by atoms with Crippen molar-refractivity contribution in [2.45, 2.75) is 55.8 Å². The minimum absolute atomic E-state index is 0.318. The van der Waals surface area contributed by atoms with Gasteiger partial charge in [-0.2, -0.15) is 4.31 Å². The lowest BCUT2D eigenvalue weighted by molar-refractivity contribution is 0.190. The fraction of sp³-hybridized carbons (Fsp3) is 0.769. The molecule has 2 unspecified atom stereocenters. The van der Waals surface area contributed by atoms with Crippen LogP contribution in [0.25, 0.3) is 0 Å². The number of imidazole rings is 1. The number of nitrogens with one attached hydrogen (secondary N) is 1. The van der Waals surface area contributed by atoms with Gasteiger partial charge in [0.2, 0.25) is 0 Å². The molecule has 0 aliphatic carbocycles. The van der Waals surface area contributed by atoms with E-state index in [-0.39, 0.29) is 0 Å². The predicted octanol–water partition coefficient (Wildman–Crippen LogP) is 0.344. The summed E-state index contributed by atoms with van der Waals surface area (Å²) in [6.45, 7) is 1.97. The van der Waals surface area contributed by atoms with E-state index in [0.29, 0.717) is 30.2 Å². The van der Waals surface area contributed by atoms with Crippen molar-refractivity contribution in [2.75, 3.05) is 13.1 Å². The van der Waals surface area contributed by atoms with Crippen molar-refractivity contribution in [2.24, 2.45) is 0 Å². The number of hydrogen-bond acceptors (Lipinski definition) is 4. The smallest absolute Gasteiger partial charge is 0.260 e. The summed E-state index contributed by atoms with van der Waals surface area (Å²) in [6.07, 6.45) is 6.79. The highest BCUT2D eigenvalue weighted by atomic mass is 32.2. The molecule has 1 aromatic heterocycles. The van der Waals surface area contributed by atoms with Crippen molar-refractivity contribution in [1.82, 2.24) is 19.2 Å². The molecule has 2 atom stereocenters. The minimum Gasteiger partial charge on any atom is -0.318 e. The van der Waals surface area contributed by atoms with E-state index in [2.05, 4.69) is 10.3 Å². The van der Waals surface area contributed by atoms with Crippen molar-refractivity contribution in [3.05, 3.63) is 12.0 Å². The first-order valence-electron chi connectivity index (χ1n) is 7.45. The van der Waals surface area contributed by atoms with E-state index in [0.717, 1.165) is 38.1 Å². The third kappa shape index (κ3) is 1.91. The van der Waals surface area contributed by atoms with Crippen LogP contribution in [0.5, 0.6) is 0 Å². The lowest BCUT2D eigenvalue weighted by atomic mass is 9.96. The van der Waals surface area contributed by atoms with Crippen molar-refractivity contribution >= 4 is 10.0 Å². The van der Waals surface area contributed by atoms with E-state index in [1.54, 1.807) is 10.5 Å². The molecule has 2 fully saturated rings. The molecule has 0 amide bonds.